The zero-order chi connectivity index (χ0) is 11.8. The fourth-order valence-corrected chi connectivity index (χ4v) is 1.12. The summed E-state index contributed by atoms with van der Waals surface area (Å²) >= 11 is 0. The maximum atomic E-state index is 10.8. The van der Waals surface area contributed by atoms with Gasteiger partial charge in [0.2, 0.25) is 0 Å². The van der Waals surface area contributed by atoms with Gasteiger partial charge in [-0.15, -0.1) is 0 Å². The van der Waals surface area contributed by atoms with Crippen molar-refractivity contribution >= 4 is 5.97 Å². The Morgan fingerprint density at radius 1 is 1.25 bits per heavy atom. The summed E-state index contributed by atoms with van der Waals surface area (Å²) in [6.45, 7) is -0.230. The average Bonchev–Trinajstić information content (AvgIpc) is 2.56. The number of carbonyl (C=O) groups is 1. The van der Waals surface area contributed by atoms with E-state index in [-0.39, 0.29) is 19.4 Å². The highest BCUT2D eigenvalue weighted by Crippen LogP contribution is 2.16. The molecular weight excluding hydrogens is 208 g/mol. The first-order valence-corrected chi connectivity index (χ1v) is 4.68. The highest BCUT2D eigenvalue weighted by Gasteiger charge is 2.32. The van der Waals surface area contributed by atoms with Crippen LogP contribution < -0.4 is 0 Å². The minimum atomic E-state index is -0.774. The lowest BCUT2D eigenvalue weighted by atomic mass is 10.1. The van der Waals surface area contributed by atoms with Gasteiger partial charge in [0.05, 0.1) is 6.42 Å². The van der Waals surface area contributed by atoms with Crippen LogP contribution in [0.15, 0.2) is 0 Å². The molecule has 0 aromatic heterocycles. The second-order valence-corrected chi connectivity index (χ2v) is 3.02. The van der Waals surface area contributed by atoms with E-state index in [9.17, 15) is 9.90 Å². The van der Waals surface area contributed by atoms with Crippen LogP contribution in [0.3, 0.4) is 0 Å². The predicted molar refractivity (Wildman–Crippen MR) is 55.5 cm³/mol. The first kappa shape index (κ1) is 12.1. The first-order chi connectivity index (χ1) is 7.74. The van der Waals surface area contributed by atoms with Gasteiger partial charge in [-0.1, -0.05) is 11.8 Å². The third-order valence-corrected chi connectivity index (χ3v) is 1.83. The Morgan fingerprint density at radius 2 is 1.94 bits per heavy atom. The lowest BCUT2D eigenvalue weighted by molar-refractivity contribution is -0.141. The molecule has 2 atom stereocenters. The molecule has 4 heteroatoms. The zero-order valence-corrected chi connectivity index (χ0v) is 8.49. The van der Waals surface area contributed by atoms with Crippen molar-refractivity contribution < 1.29 is 19.7 Å². The zero-order valence-electron chi connectivity index (χ0n) is 8.49. The fourth-order valence-electron chi connectivity index (χ4n) is 1.12. The number of cyclic esters (lactones) is 1. The number of hydrogen-bond acceptors (Lipinski definition) is 4. The molecule has 0 amide bonds. The molecule has 2 unspecified atom stereocenters. The van der Waals surface area contributed by atoms with E-state index in [0.29, 0.717) is 0 Å². The minimum absolute atomic E-state index is 0.0278. The molecule has 0 spiro atoms. The van der Waals surface area contributed by atoms with Crippen LogP contribution in [0.5, 0.6) is 0 Å². The molecule has 0 aromatic rings. The highest BCUT2D eigenvalue weighted by molar-refractivity contribution is 5.72. The van der Waals surface area contributed by atoms with E-state index in [1.165, 1.54) is 0 Å². The van der Waals surface area contributed by atoms with Gasteiger partial charge in [0.1, 0.15) is 18.8 Å². The molecule has 1 saturated heterocycles. The van der Waals surface area contributed by atoms with Crippen molar-refractivity contribution in [2.45, 2.75) is 25.0 Å². The Labute approximate surface area is 93.6 Å². The van der Waals surface area contributed by atoms with E-state index in [0.717, 1.165) is 0 Å². The maximum Gasteiger partial charge on any atom is 0.308 e. The van der Waals surface area contributed by atoms with Gasteiger partial charge in [-0.2, -0.15) is 0 Å². The van der Waals surface area contributed by atoms with Gasteiger partial charge in [-0.25, -0.2) is 0 Å². The number of aliphatic hydroxyl groups excluding tert-OH is 2. The summed E-state index contributed by atoms with van der Waals surface area (Å²) < 4.78 is 4.82. The van der Waals surface area contributed by atoms with Crippen LogP contribution in [0.1, 0.15) is 12.8 Å². The molecule has 0 aliphatic carbocycles. The normalized spacial score (nSPS) is 21.8. The second kappa shape index (κ2) is 6.53. The molecule has 1 fully saturated rings. The van der Waals surface area contributed by atoms with Gasteiger partial charge in [0.25, 0.3) is 0 Å². The Balaban J connectivity index is 2.36. The van der Waals surface area contributed by atoms with E-state index in [4.69, 9.17) is 9.84 Å². The van der Waals surface area contributed by atoms with Crippen molar-refractivity contribution in [1.29, 1.82) is 0 Å². The van der Waals surface area contributed by atoms with Crippen LogP contribution in [-0.2, 0) is 9.53 Å². The molecule has 1 rings (SSSR count). The molecular formula is C12H10O4. The topological polar surface area (TPSA) is 66.8 Å². The minimum Gasteiger partial charge on any atom is -0.458 e. The molecule has 0 bridgehead atoms. The Kier molecular flexibility index (Phi) is 4.96. The van der Waals surface area contributed by atoms with Gasteiger partial charge in [0, 0.05) is 6.42 Å². The summed E-state index contributed by atoms with van der Waals surface area (Å²) in [5, 5.41) is 17.6. The molecule has 0 aromatic carbocycles. The van der Waals surface area contributed by atoms with E-state index >= 15 is 0 Å². The van der Waals surface area contributed by atoms with Crippen molar-refractivity contribution in [3.63, 3.8) is 0 Å². The van der Waals surface area contributed by atoms with E-state index in [1.54, 1.807) is 0 Å². The van der Waals surface area contributed by atoms with Crippen LogP contribution in [0.4, 0.5) is 0 Å². The third kappa shape index (κ3) is 4.07. The van der Waals surface area contributed by atoms with E-state index < -0.39 is 18.2 Å². The second-order valence-electron chi connectivity index (χ2n) is 3.02. The summed E-state index contributed by atoms with van der Waals surface area (Å²) in [6, 6.07) is 0. The van der Waals surface area contributed by atoms with Gasteiger partial charge in [-0.05, 0) is 23.7 Å². The SMILES string of the molecule is O=C1CC(O)C(CC#CC#CC#CCO)O1. The summed E-state index contributed by atoms with van der Waals surface area (Å²) in [7, 11) is 0. The summed E-state index contributed by atoms with van der Waals surface area (Å²) in [6.07, 6.45) is -1.04. The molecule has 1 aliphatic heterocycles. The lowest BCUT2D eigenvalue weighted by Crippen LogP contribution is -2.19. The summed E-state index contributed by atoms with van der Waals surface area (Å²) in [5.41, 5.74) is 0. The third-order valence-electron chi connectivity index (χ3n) is 1.83. The van der Waals surface area contributed by atoms with Crippen LogP contribution in [0, 0.1) is 35.5 Å². The van der Waals surface area contributed by atoms with Gasteiger partial charge in [0.15, 0.2) is 0 Å². The standard InChI is InChI=1S/C12H10O4/c13-8-6-4-2-1-3-5-7-11-10(14)9-12(15)16-11/h10-11,13-14H,7-9H2. The lowest BCUT2D eigenvalue weighted by Gasteiger charge is -2.07. The van der Waals surface area contributed by atoms with Crippen molar-refractivity contribution in [1.82, 2.24) is 0 Å². The molecule has 1 aliphatic rings. The van der Waals surface area contributed by atoms with Crippen LogP contribution >= 0.6 is 0 Å². The fraction of sp³-hybridized carbons (Fsp3) is 0.417. The molecule has 1 heterocycles. The highest BCUT2D eigenvalue weighted by atomic mass is 16.6. The molecule has 4 nitrogen and oxygen atoms in total. The molecule has 0 radical (unpaired) electrons. The quantitative estimate of drug-likeness (QED) is 0.440. The van der Waals surface area contributed by atoms with Gasteiger partial charge < -0.3 is 14.9 Å². The number of hydrogen-bond donors (Lipinski definition) is 2. The van der Waals surface area contributed by atoms with Crippen molar-refractivity contribution in [2.75, 3.05) is 6.61 Å². The van der Waals surface area contributed by atoms with Crippen molar-refractivity contribution in [3.05, 3.63) is 0 Å². The largest absolute Gasteiger partial charge is 0.458 e. The maximum absolute atomic E-state index is 10.8. The molecule has 16 heavy (non-hydrogen) atoms. The molecule has 82 valence electrons. The predicted octanol–water partition coefficient (Wildman–Crippen LogP) is -0.945. The Hall–Kier alpha value is -1.93. The van der Waals surface area contributed by atoms with Crippen LogP contribution in [0.25, 0.3) is 0 Å². The van der Waals surface area contributed by atoms with E-state index in [1.807, 2.05) is 0 Å². The van der Waals surface area contributed by atoms with Crippen LogP contribution in [0.2, 0.25) is 0 Å². The number of aliphatic hydroxyl groups is 2. The van der Waals surface area contributed by atoms with Crippen molar-refractivity contribution in [2.24, 2.45) is 0 Å². The number of carbonyl (C=O) groups excluding carboxylic acids is 1. The summed E-state index contributed by atoms with van der Waals surface area (Å²) in [5.74, 6) is 14.4. The molecule has 0 saturated carbocycles. The van der Waals surface area contributed by atoms with Gasteiger partial charge >= 0.3 is 5.97 Å². The van der Waals surface area contributed by atoms with Crippen molar-refractivity contribution in [3.8, 4) is 35.5 Å². The average molecular weight is 218 g/mol. The monoisotopic (exact) mass is 218 g/mol. The summed E-state index contributed by atoms with van der Waals surface area (Å²) in [4.78, 5) is 10.8. The first-order valence-electron chi connectivity index (χ1n) is 4.68. The number of ether oxygens (including phenoxy) is 1. The van der Waals surface area contributed by atoms with E-state index in [2.05, 4.69) is 35.5 Å². The van der Waals surface area contributed by atoms with Crippen LogP contribution in [-0.4, -0.2) is 35.0 Å². The number of rotatable bonds is 1. The Morgan fingerprint density at radius 3 is 2.50 bits per heavy atom. The molecule has 2 N–H and O–H groups in total. The van der Waals surface area contributed by atoms with Gasteiger partial charge in [-0.3, -0.25) is 4.79 Å². The number of esters is 1. The Bertz CT molecular complexity index is 433. The smallest absolute Gasteiger partial charge is 0.308 e.